The van der Waals surface area contributed by atoms with Crippen molar-refractivity contribution in [1.82, 2.24) is 4.90 Å². The zero-order valence-electron chi connectivity index (χ0n) is 9.44. The van der Waals surface area contributed by atoms with Gasteiger partial charge in [-0.1, -0.05) is 0 Å². The van der Waals surface area contributed by atoms with Crippen molar-refractivity contribution in [2.75, 3.05) is 34.0 Å². The Hall–Kier alpha value is -0.450. The predicted octanol–water partition coefficient (Wildman–Crippen LogP) is 0.311. The maximum Gasteiger partial charge on any atom is 0.161 e. The van der Waals surface area contributed by atoms with Gasteiger partial charge in [0.15, 0.2) is 5.78 Å². The van der Waals surface area contributed by atoms with E-state index in [0.29, 0.717) is 12.1 Å². The number of carbonyl (C=O) groups excluding carboxylic acids is 1. The highest BCUT2D eigenvalue weighted by atomic mass is 16.5. The molecular formula is C11H19NO3. The van der Waals surface area contributed by atoms with Crippen LogP contribution in [0.25, 0.3) is 0 Å². The molecule has 2 atom stereocenters. The molecule has 15 heavy (non-hydrogen) atoms. The molecule has 2 aliphatic heterocycles. The molecule has 0 radical (unpaired) electrons. The fourth-order valence-corrected chi connectivity index (χ4v) is 2.62. The summed E-state index contributed by atoms with van der Waals surface area (Å²) in [6.07, 6.45) is 1.85. The van der Waals surface area contributed by atoms with Crippen LogP contribution in [0.3, 0.4) is 0 Å². The molecule has 2 rings (SSSR count). The second-order valence-electron chi connectivity index (χ2n) is 4.58. The van der Waals surface area contributed by atoms with Gasteiger partial charge in [0.2, 0.25) is 0 Å². The number of morpholine rings is 1. The van der Waals surface area contributed by atoms with E-state index in [2.05, 4.69) is 11.9 Å². The number of rotatable bonds is 3. The van der Waals surface area contributed by atoms with E-state index in [4.69, 9.17) is 9.47 Å². The molecule has 4 nitrogen and oxygen atoms in total. The predicted molar refractivity (Wildman–Crippen MR) is 55.8 cm³/mol. The van der Waals surface area contributed by atoms with Gasteiger partial charge in [-0.25, -0.2) is 0 Å². The second kappa shape index (κ2) is 4.60. The summed E-state index contributed by atoms with van der Waals surface area (Å²) in [5.74, 6) is 0.433. The Morgan fingerprint density at radius 1 is 1.40 bits per heavy atom. The van der Waals surface area contributed by atoms with Crippen molar-refractivity contribution in [2.45, 2.75) is 24.9 Å². The van der Waals surface area contributed by atoms with Crippen LogP contribution in [0.5, 0.6) is 0 Å². The van der Waals surface area contributed by atoms with E-state index in [9.17, 15) is 4.79 Å². The first-order valence-electron chi connectivity index (χ1n) is 5.53. The monoisotopic (exact) mass is 213 g/mol. The minimum Gasteiger partial charge on any atom is -0.378 e. The van der Waals surface area contributed by atoms with Crippen molar-refractivity contribution in [1.29, 1.82) is 0 Å². The lowest BCUT2D eigenvalue weighted by molar-refractivity contribution is -0.134. The fourth-order valence-electron chi connectivity index (χ4n) is 2.62. The van der Waals surface area contributed by atoms with Crippen LogP contribution >= 0.6 is 0 Å². The molecule has 0 aromatic heterocycles. The standard InChI is InChI=1S/C11H19NO3/c1-12-9-3-8(11(13)7-14-2)4-10(12)6-15-5-9/h8-10H,3-7H2,1-2H3. The van der Waals surface area contributed by atoms with Crippen LogP contribution in [0.4, 0.5) is 0 Å². The van der Waals surface area contributed by atoms with E-state index in [-0.39, 0.29) is 18.3 Å². The first-order chi connectivity index (χ1) is 7.22. The molecule has 0 aromatic rings. The van der Waals surface area contributed by atoms with E-state index in [1.165, 1.54) is 0 Å². The lowest BCUT2D eigenvalue weighted by Crippen LogP contribution is -2.56. The molecule has 2 heterocycles. The van der Waals surface area contributed by atoms with Gasteiger partial charge in [0.05, 0.1) is 13.2 Å². The topological polar surface area (TPSA) is 38.8 Å². The zero-order valence-corrected chi connectivity index (χ0v) is 9.44. The average Bonchev–Trinajstić information content (AvgIpc) is 2.17. The number of ether oxygens (including phenoxy) is 2. The summed E-state index contributed by atoms with van der Waals surface area (Å²) in [7, 11) is 3.71. The minimum absolute atomic E-state index is 0.181. The quantitative estimate of drug-likeness (QED) is 0.676. The smallest absolute Gasteiger partial charge is 0.161 e. The maximum atomic E-state index is 11.8. The number of fused-ring (bicyclic) bond motifs is 2. The first kappa shape index (κ1) is 11.0. The van der Waals surface area contributed by atoms with Gasteiger partial charge in [0.25, 0.3) is 0 Å². The van der Waals surface area contributed by atoms with Crippen LogP contribution in [0.15, 0.2) is 0 Å². The molecule has 4 heteroatoms. The number of ketones is 1. The van der Waals surface area contributed by atoms with Gasteiger partial charge in [-0.2, -0.15) is 0 Å². The van der Waals surface area contributed by atoms with Gasteiger partial charge in [-0.15, -0.1) is 0 Å². The van der Waals surface area contributed by atoms with E-state index >= 15 is 0 Å². The van der Waals surface area contributed by atoms with E-state index < -0.39 is 0 Å². The number of likely N-dealkylation sites (N-methyl/N-ethyl adjacent to an activating group) is 1. The van der Waals surface area contributed by atoms with Gasteiger partial charge in [-0.05, 0) is 19.9 Å². The van der Waals surface area contributed by atoms with Crippen LogP contribution in [-0.2, 0) is 14.3 Å². The van der Waals surface area contributed by atoms with Crippen LogP contribution < -0.4 is 0 Å². The Kier molecular flexibility index (Phi) is 3.38. The molecule has 2 bridgehead atoms. The number of hydrogen-bond donors (Lipinski definition) is 0. The molecule has 2 fully saturated rings. The van der Waals surface area contributed by atoms with Crippen molar-refractivity contribution in [3.05, 3.63) is 0 Å². The SMILES string of the molecule is COCC(=O)C1CC2COCC(C1)N2C. The molecule has 86 valence electrons. The van der Waals surface area contributed by atoms with Crippen molar-refractivity contribution in [3.63, 3.8) is 0 Å². The van der Waals surface area contributed by atoms with Gasteiger partial charge in [0, 0.05) is 25.1 Å². The van der Waals surface area contributed by atoms with Gasteiger partial charge >= 0.3 is 0 Å². The van der Waals surface area contributed by atoms with Crippen molar-refractivity contribution in [2.24, 2.45) is 5.92 Å². The molecule has 0 spiro atoms. The van der Waals surface area contributed by atoms with Gasteiger partial charge in [0.1, 0.15) is 6.61 Å². The fraction of sp³-hybridized carbons (Fsp3) is 0.909. The van der Waals surface area contributed by atoms with Crippen molar-refractivity contribution in [3.8, 4) is 0 Å². The summed E-state index contributed by atoms with van der Waals surface area (Å²) in [6, 6.07) is 0.839. The summed E-state index contributed by atoms with van der Waals surface area (Å²) in [6.45, 7) is 1.79. The number of carbonyl (C=O) groups is 1. The number of methoxy groups -OCH3 is 1. The summed E-state index contributed by atoms with van der Waals surface area (Å²) >= 11 is 0. The Balaban J connectivity index is 1.98. The largest absolute Gasteiger partial charge is 0.378 e. The Morgan fingerprint density at radius 2 is 2.00 bits per heavy atom. The zero-order chi connectivity index (χ0) is 10.8. The third-order valence-corrected chi connectivity index (χ3v) is 3.63. The molecule has 2 saturated heterocycles. The minimum atomic E-state index is 0.181. The lowest BCUT2D eigenvalue weighted by Gasteiger charge is -2.46. The van der Waals surface area contributed by atoms with Gasteiger partial charge in [-0.3, -0.25) is 9.69 Å². The van der Waals surface area contributed by atoms with Crippen LogP contribution in [0.1, 0.15) is 12.8 Å². The molecule has 0 N–H and O–H groups in total. The van der Waals surface area contributed by atoms with E-state index in [1.54, 1.807) is 7.11 Å². The molecule has 0 saturated carbocycles. The summed E-state index contributed by atoms with van der Waals surface area (Å²) < 4.78 is 10.4. The van der Waals surface area contributed by atoms with Gasteiger partial charge < -0.3 is 9.47 Å². The number of hydrogen-bond acceptors (Lipinski definition) is 4. The lowest BCUT2D eigenvalue weighted by atomic mass is 9.83. The molecular weight excluding hydrogens is 194 g/mol. The summed E-state index contributed by atoms with van der Waals surface area (Å²) in [5.41, 5.74) is 0. The Bertz CT molecular complexity index is 230. The van der Waals surface area contributed by atoms with Crippen molar-refractivity contribution >= 4 is 5.78 Å². The number of Topliss-reactive ketones (excluding diaryl/α,β-unsaturated/α-hetero) is 1. The molecule has 2 unspecified atom stereocenters. The van der Waals surface area contributed by atoms with E-state index in [1.807, 2.05) is 0 Å². The number of nitrogens with zero attached hydrogens (tertiary/aromatic N) is 1. The molecule has 0 amide bonds. The second-order valence-corrected chi connectivity index (χ2v) is 4.58. The molecule has 0 aliphatic carbocycles. The van der Waals surface area contributed by atoms with Crippen LogP contribution in [0.2, 0.25) is 0 Å². The molecule has 0 aromatic carbocycles. The molecule has 2 aliphatic rings. The van der Waals surface area contributed by atoms with Crippen molar-refractivity contribution < 1.29 is 14.3 Å². The van der Waals surface area contributed by atoms with Crippen LogP contribution in [0, 0.1) is 5.92 Å². The Morgan fingerprint density at radius 3 is 2.53 bits per heavy atom. The normalized spacial score (nSPS) is 36.5. The maximum absolute atomic E-state index is 11.8. The highest BCUT2D eigenvalue weighted by Crippen LogP contribution is 2.30. The highest BCUT2D eigenvalue weighted by molar-refractivity contribution is 5.82. The third-order valence-electron chi connectivity index (χ3n) is 3.63. The first-order valence-corrected chi connectivity index (χ1v) is 5.53. The average molecular weight is 213 g/mol. The highest BCUT2D eigenvalue weighted by Gasteiger charge is 2.38. The third kappa shape index (κ3) is 2.22. The van der Waals surface area contributed by atoms with Crippen LogP contribution in [-0.4, -0.2) is 56.7 Å². The number of piperidine rings is 1. The van der Waals surface area contributed by atoms with E-state index in [0.717, 1.165) is 26.1 Å². The Labute approximate surface area is 90.5 Å². The summed E-state index contributed by atoms with van der Waals surface area (Å²) in [5, 5.41) is 0. The summed E-state index contributed by atoms with van der Waals surface area (Å²) in [4.78, 5) is 14.1.